The lowest BCUT2D eigenvalue weighted by molar-refractivity contribution is -0.122. The number of fused-ring (bicyclic) bond motifs is 1. The molecule has 1 saturated heterocycles. The summed E-state index contributed by atoms with van der Waals surface area (Å²) in [7, 11) is -4.23. The number of carbonyl (C=O) groups is 2. The molecule has 0 N–H and O–H groups in total. The summed E-state index contributed by atoms with van der Waals surface area (Å²) in [6.45, 7) is 11.2. The molecule has 5 aromatic rings. The average molecular weight is 638 g/mol. The molecule has 0 radical (unpaired) electrons. The summed E-state index contributed by atoms with van der Waals surface area (Å²) in [5, 5.41) is 0.840. The Balaban J connectivity index is 1.39. The molecular formula is C36H35N3O4S2. The second-order valence-electron chi connectivity index (χ2n) is 11.8. The second kappa shape index (κ2) is 11.6. The highest BCUT2D eigenvalue weighted by atomic mass is 32.2. The maximum atomic E-state index is 14.7. The van der Waals surface area contributed by atoms with E-state index in [0.29, 0.717) is 16.8 Å². The number of hydrogen-bond donors (Lipinski definition) is 0. The number of aromatic nitrogens is 1. The van der Waals surface area contributed by atoms with Gasteiger partial charge in [0.15, 0.2) is 0 Å². The number of anilines is 1. The quantitative estimate of drug-likeness (QED) is 0.172. The van der Waals surface area contributed by atoms with E-state index in [1.54, 1.807) is 44.2 Å². The van der Waals surface area contributed by atoms with Crippen molar-refractivity contribution in [2.75, 3.05) is 4.90 Å². The largest absolute Gasteiger partial charge is 0.274 e. The molecule has 1 aliphatic heterocycles. The molecule has 2 amide bonds. The van der Waals surface area contributed by atoms with Gasteiger partial charge in [-0.2, -0.15) is 4.31 Å². The van der Waals surface area contributed by atoms with Crippen LogP contribution in [0.1, 0.15) is 52.8 Å². The first-order valence-electron chi connectivity index (χ1n) is 14.9. The number of aryl methyl sites for hydroxylation is 3. The van der Waals surface area contributed by atoms with Crippen molar-refractivity contribution in [3.8, 4) is 10.6 Å². The molecule has 9 heteroatoms. The zero-order valence-electron chi connectivity index (χ0n) is 26.2. The minimum absolute atomic E-state index is 0.192. The predicted molar refractivity (Wildman–Crippen MR) is 180 cm³/mol. The minimum atomic E-state index is -4.23. The fourth-order valence-electron chi connectivity index (χ4n) is 6.19. The molecule has 0 aliphatic carbocycles. The van der Waals surface area contributed by atoms with Crippen molar-refractivity contribution < 1.29 is 18.0 Å². The number of imide groups is 1. The molecule has 2 unspecified atom stereocenters. The summed E-state index contributed by atoms with van der Waals surface area (Å²) in [6.07, 6.45) is -0.253. The van der Waals surface area contributed by atoms with Gasteiger partial charge in [0.25, 0.3) is 5.91 Å². The van der Waals surface area contributed by atoms with Crippen molar-refractivity contribution >= 4 is 49.1 Å². The normalized spacial score (nSPS) is 16.2. The number of sulfonamides is 1. The van der Waals surface area contributed by atoms with Crippen LogP contribution < -0.4 is 4.90 Å². The van der Waals surface area contributed by atoms with Gasteiger partial charge in [0.05, 0.1) is 27.2 Å². The molecule has 1 aromatic heterocycles. The first-order chi connectivity index (χ1) is 21.4. The van der Waals surface area contributed by atoms with Gasteiger partial charge in [-0.05, 0) is 111 Å². The monoisotopic (exact) mass is 637 g/mol. The molecule has 1 aliphatic rings. The zero-order valence-corrected chi connectivity index (χ0v) is 27.8. The first-order valence-corrected chi connectivity index (χ1v) is 17.1. The number of nitrogens with zero attached hydrogens (tertiary/aromatic N) is 3. The fourth-order valence-corrected chi connectivity index (χ4v) is 9.61. The molecule has 230 valence electrons. The van der Waals surface area contributed by atoms with E-state index in [4.69, 9.17) is 4.98 Å². The van der Waals surface area contributed by atoms with E-state index < -0.39 is 33.9 Å². The highest BCUT2D eigenvalue weighted by Gasteiger charge is 2.49. The van der Waals surface area contributed by atoms with Gasteiger partial charge in [-0.15, -0.1) is 11.3 Å². The molecule has 0 saturated carbocycles. The van der Waals surface area contributed by atoms with Crippen LogP contribution >= 0.6 is 11.3 Å². The maximum absolute atomic E-state index is 14.7. The van der Waals surface area contributed by atoms with E-state index in [-0.39, 0.29) is 11.3 Å². The molecule has 0 bridgehead atoms. The Bertz CT molecular complexity index is 2040. The van der Waals surface area contributed by atoms with E-state index in [1.807, 2.05) is 81.4 Å². The van der Waals surface area contributed by atoms with Crippen LogP contribution in [0.4, 0.5) is 5.69 Å². The van der Waals surface area contributed by atoms with Crippen molar-refractivity contribution in [2.45, 2.75) is 64.9 Å². The molecule has 0 spiro atoms. The lowest BCUT2D eigenvalue weighted by Gasteiger charge is -2.34. The Morgan fingerprint density at radius 3 is 2.16 bits per heavy atom. The summed E-state index contributed by atoms with van der Waals surface area (Å²) in [6, 6.07) is 22.6. The van der Waals surface area contributed by atoms with Crippen LogP contribution in [0.25, 0.3) is 20.8 Å². The SMILES string of the molecule is Cc1ccc2nc(-c3ccc(N4C(=O)CC(N(C(C)c5ccccc5)S(=O)(=O)c5c(C)c(C)cc(C)c5C)C4=O)cc3)sc2c1. The summed E-state index contributed by atoms with van der Waals surface area (Å²) < 4.78 is 31.8. The van der Waals surface area contributed by atoms with Crippen LogP contribution in [0.5, 0.6) is 0 Å². The van der Waals surface area contributed by atoms with Gasteiger partial charge >= 0.3 is 0 Å². The Kier molecular flexibility index (Phi) is 7.97. The molecular weight excluding hydrogens is 603 g/mol. The third-order valence-electron chi connectivity index (χ3n) is 8.84. The Morgan fingerprint density at radius 2 is 1.51 bits per heavy atom. The molecule has 6 rings (SSSR count). The van der Waals surface area contributed by atoms with Crippen LogP contribution in [0.15, 0.2) is 83.8 Å². The minimum Gasteiger partial charge on any atom is -0.274 e. The molecule has 4 aromatic carbocycles. The number of carbonyl (C=O) groups excluding carboxylic acids is 2. The van der Waals surface area contributed by atoms with Crippen LogP contribution in [-0.4, -0.2) is 35.6 Å². The van der Waals surface area contributed by atoms with Gasteiger partial charge in [0.2, 0.25) is 15.9 Å². The summed E-state index contributed by atoms with van der Waals surface area (Å²) in [5.41, 5.74) is 7.05. The van der Waals surface area contributed by atoms with E-state index >= 15 is 0 Å². The Hall–Kier alpha value is -4.18. The van der Waals surface area contributed by atoms with Gasteiger partial charge in [-0.3, -0.25) is 9.59 Å². The van der Waals surface area contributed by atoms with Gasteiger partial charge in [0, 0.05) is 11.6 Å². The standard InChI is InChI=1S/C36H35N3O4S2/c1-21-12-17-30-32(18-21)44-35(37-30)28-13-15-29(16-14-28)38-33(40)20-31(36(38)41)39(26(6)27-10-8-7-9-11-27)45(42,43)34-24(4)22(2)19-23(3)25(34)5/h7-19,26,31H,20H2,1-6H3. The molecule has 45 heavy (non-hydrogen) atoms. The van der Waals surface area contributed by atoms with Crippen molar-refractivity contribution in [3.05, 3.63) is 112 Å². The highest BCUT2D eigenvalue weighted by molar-refractivity contribution is 7.89. The third kappa shape index (κ3) is 5.39. The van der Waals surface area contributed by atoms with Gasteiger partial charge in [-0.25, -0.2) is 18.3 Å². The summed E-state index contributed by atoms with van der Waals surface area (Å²) in [5.74, 6) is -1.00. The summed E-state index contributed by atoms with van der Waals surface area (Å²) in [4.78, 5) is 33.8. The lowest BCUT2D eigenvalue weighted by atomic mass is 10.0. The summed E-state index contributed by atoms with van der Waals surface area (Å²) >= 11 is 1.58. The second-order valence-corrected chi connectivity index (χ2v) is 14.6. The topological polar surface area (TPSA) is 87.7 Å². The van der Waals surface area contributed by atoms with Gasteiger partial charge in [0.1, 0.15) is 11.0 Å². The number of benzene rings is 4. The number of thiazole rings is 1. The highest BCUT2D eigenvalue weighted by Crippen LogP contribution is 2.39. The van der Waals surface area contributed by atoms with Crippen LogP contribution in [0.2, 0.25) is 0 Å². The van der Waals surface area contributed by atoms with E-state index in [2.05, 4.69) is 6.07 Å². The Labute approximate surface area is 268 Å². The van der Waals surface area contributed by atoms with Gasteiger partial charge in [-0.1, -0.05) is 42.5 Å². The fraction of sp³-hybridized carbons (Fsp3) is 0.250. The van der Waals surface area contributed by atoms with E-state index in [9.17, 15) is 18.0 Å². The molecule has 7 nitrogen and oxygen atoms in total. The zero-order chi connectivity index (χ0) is 32.2. The van der Waals surface area contributed by atoms with Crippen LogP contribution in [0.3, 0.4) is 0 Å². The maximum Gasteiger partial charge on any atom is 0.252 e. The first kappa shape index (κ1) is 30.8. The van der Waals surface area contributed by atoms with Crippen LogP contribution in [0, 0.1) is 34.6 Å². The van der Waals surface area contributed by atoms with E-state index in [1.165, 1.54) is 4.31 Å². The number of amides is 2. The van der Waals surface area contributed by atoms with Crippen LogP contribution in [-0.2, 0) is 19.6 Å². The van der Waals surface area contributed by atoms with Gasteiger partial charge < -0.3 is 0 Å². The molecule has 1 fully saturated rings. The smallest absolute Gasteiger partial charge is 0.252 e. The number of hydrogen-bond acceptors (Lipinski definition) is 6. The van der Waals surface area contributed by atoms with E-state index in [0.717, 1.165) is 47.9 Å². The number of rotatable bonds is 7. The predicted octanol–water partition coefficient (Wildman–Crippen LogP) is 7.59. The van der Waals surface area contributed by atoms with Crippen molar-refractivity contribution in [1.82, 2.24) is 9.29 Å². The third-order valence-corrected chi connectivity index (χ3v) is 12.2. The Morgan fingerprint density at radius 1 is 0.867 bits per heavy atom. The average Bonchev–Trinajstić information content (AvgIpc) is 3.56. The van der Waals surface area contributed by atoms with Crippen molar-refractivity contribution in [3.63, 3.8) is 0 Å². The van der Waals surface area contributed by atoms with Crippen molar-refractivity contribution in [1.29, 1.82) is 0 Å². The molecule has 2 heterocycles. The van der Waals surface area contributed by atoms with Crippen molar-refractivity contribution in [2.24, 2.45) is 0 Å². The molecule has 2 atom stereocenters. The lowest BCUT2D eigenvalue weighted by Crippen LogP contribution is -2.47.